The van der Waals surface area contributed by atoms with E-state index in [1.807, 2.05) is 0 Å². The molecule has 212 valence electrons. The summed E-state index contributed by atoms with van der Waals surface area (Å²) in [6, 6.07) is 4.80. The Morgan fingerprint density at radius 3 is 2.38 bits per heavy atom. The fourth-order valence-corrected chi connectivity index (χ4v) is 3.79. The molecule has 2 aromatic rings. The molecule has 0 saturated heterocycles. The molecule has 0 spiro atoms. The molecule has 0 aromatic heterocycles. The minimum Gasteiger partial charge on any atom is -0.500 e. The Morgan fingerprint density at radius 2 is 1.80 bits per heavy atom. The smallest absolute Gasteiger partial charge is 0.330 e. The molecule has 16 heteroatoms. The molecule has 1 amide bonds. The minimum atomic E-state index is -0.826. The number of benzene rings is 2. The monoisotopic (exact) mass is 620 g/mol. The molecule has 0 aliphatic rings. The van der Waals surface area contributed by atoms with Gasteiger partial charge in [-0.05, 0) is 22.0 Å². The summed E-state index contributed by atoms with van der Waals surface area (Å²) in [5, 5.41) is 33.4. The predicted octanol–water partition coefficient (Wildman–Crippen LogP) is 5.34. The zero-order chi connectivity index (χ0) is 29.8. The summed E-state index contributed by atoms with van der Waals surface area (Å²) in [6.07, 6.45) is 2.31. The molecule has 0 aliphatic heterocycles. The van der Waals surface area contributed by atoms with Gasteiger partial charge in [-0.25, -0.2) is 4.79 Å². The summed E-state index contributed by atoms with van der Waals surface area (Å²) in [7, 11) is 1.39. The van der Waals surface area contributed by atoms with Crippen molar-refractivity contribution in [3.63, 3.8) is 0 Å². The maximum Gasteiger partial charge on any atom is 0.330 e. The number of rotatable bonds is 15. The van der Waals surface area contributed by atoms with Crippen LogP contribution in [0.2, 0.25) is 0 Å². The van der Waals surface area contributed by atoms with Gasteiger partial charge in [-0.3, -0.25) is 25.0 Å². The first kappa shape index (κ1) is 31.4. The molecule has 0 unspecified atom stereocenters. The van der Waals surface area contributed by atoms with E-state index >= 15 is 0 Å². The van der Waals surface area contributed by atoms with Crippen molar-refractivity contribution < 1.29 is 33.6 Å². The molecule has 0 saturated carbocycles. The Kier molecular flexibility index (Phi) is 11.7. The number of non-ortho nitro benzene ring substituents is 1. The van der Waals surface area contributed by atoms with Crippen molar-refractivity contribution >= 4 is 61.9 Å². The zero-order valence-electron chi connectivity index (χ0n) is 21.5. The van der Waals surface area contributed by atoms with Crippen molar-refractivity contribution in [1.29, 1.82) is 0 Å². The van der Waals surface area contributed by atoms with E-state index in [1.165, 1.54) is 32.4 Å². The molecule has 2 aromatic carbocycles. The van der Waals surface area contributed by atoms with Gasteiger partial charge < -0.3 is 24.4 Å². The van der Waals surface area contributed by atoms with Crippen LogP contribution in [0.5, 0.6) is 5.75 Å². The molecular weight excluding hydrogens is 596 g/mol. The summed E-state index contributed by atoms with van der Waals surface area (Å²) in [5.74, 6) is -0.777. The first-order chi connectivity index (χ1) is 19.0. The van der Waals surface area contributed by atoms with Crippen LogP contribution in [0.3, 0.4) is 0 Å². The van der Waals surface area contributed by atoms with Crippen LogP contribution in [-0.4, -0.2) is 55.1 Å². The fraction of sp³-hybridized carbons (Fsp3) is 0.250. The maximum atomic E-state index is 12.0. The number of anilines is 2. The van der Waals surface area contributed by atoms with E-state index in [-0.39, 0.29) is 47.0 Å². The van der Waals surface area contributed by atoms with Crippen LogP contribution in [0, 0.1) is 20.2 Å². The molecule has 1 N–H and O–H groups in total. The van der Waals surface area contributed by atoms with Gasteiger partial charge in [-0.2, -0.15) is 0 Å². The van der Waals surface area contributed by atoms with E-state index in [4.69, 9.17) is 14.2 Å². The maximum absolute atomic E-state index is 12.0. The van der Waals surface area contributed by atoms with Crippen LogP contribution in [-0.2, 0) is 19.1 Å². The minimum absolute atomic E-state index is 0.00311. The van der Waals surface area contributed by atoms with Gasteiger partial charge in [-0.15, -0.1) is 10.2 Å². The number of hydrogen-bond acceptors (Lipinski definition) is 12. The molecule has 0 fully saturated rings. The molecule has 0 heterocycles. The predicted molar refractivity (Wildman–Crippen MR) is 148 cm³/mol. The summed E-state index contributed by atoms with van der Waals surface area (Å²) in [5.41, 5.74) is -0.741. The lowest BCUT2D eigenvalue weighted by Gasteiger charge is -2.27. The number of nitro benzene ring substituents is 2. The number of ether oxygens (including phenoxy) is 3. The second-order valence-corrected chi connectivity index (χ2v) is 8.48. The number of methoxy groups -OCH3 is 1. The zero-order valence-corrected chi connectivity index (χ0v) is 23.1. The number of nitrogens with zero attached hydrogens (tertiary/aromatic N) is 5. The van der Waals surface area contributed by atoms with E-state index in [2.05, 4.69) is 44.6 Å². The molecule has 0 aliphatic carbocycles. The molecule has 40 heavy (non-hydrogen) atoms. The highest BCUT2D eigenvalue weighted by atomic mass is 79.9. The lowest BCUT2D eigenvalue weighted by molar-refractivity contribution is -0.393. The average molecular weight is 621 g/mol. The van der Waals surface area contributed by atoms with Crippen molar-refractivity contribution in [1.82, 2.24) is 0 Å². The third-order valence-electron chi connectivity index (χ3n) is 5.01. The highest BCUT2D eigenvalue weighted by molar-refractivity contribution is 9.10. The van der Waals surface area contributed by atoms with E-state index in [1.54, 1.807) is 4.90 Å². The van der Waals surface area contributed by atoms with Gasteiger partial charge in [0.2, 0.25) is 5.91 Å². The Hall–Kier alpha value is -4.86. The van der Waals surface area contributed by atoms with Crippen LogP contribution in [0.1, 0.15) is 6.92 Å². The first-order valence-electron chi connectivity index (χ1n) is 11.3. The van der Waals surface area contributed by atoms with E-state index in [0.29, 0.717) is 12.2 Å². The lowest BCUT2D eigenvalue weighted by Crippen LogP contribution is -2.31. The van der Waals surface area contributed by atoms with Gasteiger partial charge in [0.05, 0.1) is 58.2 Å². The third kappa shape index (κ3) is 8.59. The van der Waals surface area contributed by atoms with Crippen LogP contribution < -0.4 is 15.0 Å². The van der Waals surface area contributed by atoms with E-state index in [9.17, 15) is 29.8 Å². The van der Waals surface area contributed by atoms with Gasteiger partial charge in [0.1, 0.15) is 24.7 Å². The van der Waals surface area contributed by atoms with Gasteiger partial charge in [0, 0.05) is 25.1 Å². The van der Waals surface area contributed by atoms with Crippen LogP contribution in [0.4, 0.5) is 34.1 Å². The molecule has 0 atom stereocenters. The van der Waals surface area contributed by atoms with Gasteiger partial charge in [-0.1, -0.05) is 13.2 Å². The number of halogens is 1. The summed E-state index contributed by atoms with van der Waals surface area (Å²) in [6.45, 7) is 8.86. The fourth-order valence-electron chi connectivity index (χ4n) is 3.27. The van der Waals surface area contributed by atoms with E-state index < -0.39 is 33.1 Å². The van der Waals surface area contributed by atoms with Crippen molar-refractivity contribution in [2.75, 3.05) is 43.6 Å². The molecular formula is C24H25BrN6O9. The standard InChI is InChI=1S/C24H25BrN6O9/c1-5-23(33)40-10-8-29(7-9-39-6-2)20-13-18(26-15(3)32)19(14-22(20)38-4)27-28-24-17(25)11-16(30(34)35)12-21(24)31(36)37/h5-6,11-14H,1-2,7-10H2,3-4H3,(H,26,32). The number of nitro groups is 2. The molecule has 2 rings (SSSR count). The Balaban J connectivity index is 2.60. The molecule has 0 bridgehead atoms. The normalized spacial score (nSPS) is 10.5. The number of nitrogens with one attached hydrogen (secondary N) is 1. The number of carbonyl (C=O) groups is 2. The molecule has 15 nitrogen and oxygen atoms in total. The number of carbonyl (C=O) groups excluding carboxylic acids is 2. The highest BCUT2D eigenvalue weighted by Gasteiger charge is 2.24. The summed E-state index contributed by atoms with van der Waals surface area (Å²) in [4.78, 5) is 46.3. The SMILES string of the molecule is C=COCCN(CCOC(=O)C=C)c1cc(NC(C)=O)c(N=Nc2c(Br)cc([N+](=O)[O-])cc2[N+](=O)[O-])cc1OC. The van der Waals surface area contributed by atoms with Crippen molar-refractivity contribution in [3.8, 4) is 5.75 Å². The average Bonchev–Trinajstić information content (AvgIpc) is 2.90. The van der Waals surface area contributed by atoms with Gasteiger partial charge in [0.25, 0.3) is 5.69 Å². The van der Waals surface area contributed by atoms with Gasteiger partial charge in [0.15, 0.2) is 5.69 Å². The topological polar surface area (TPSA) is 188 Å². The van der Waals surface area contributed by atoms with E-state index in [0.717, 1.165) is 18.2 Å². The van der Waals surface area contributed by atoms with Crippen LogP contribution in [0.15, 0.2) is 64.5 Å². The third-order valence-corrected chi connectivity index (χ3v) is 5.62. The van der Waals surface area contributed by atoms with Crippen LogP contribution >= 0.6 is 15.9 Å². The second-order valence-electron chi connectivity index (χ2n) is 7.63. The first-order valence-corrected chi connectivity index (χ1v) is 12.1. The summed E-state index contributed by atoms with van der Waals surface area (Å²) < 4.78 is 15.8. The van der Waals surface area contributed by atoms with Crippen molar-refractivity contribution in [2.45, 2.75) is 6.92 Å². The number of azo groups is 1. The van der Waals surface area contributed by atoms with Gasteiger partial charge >= 0.3 is 11.7 Å². The summed E-state index contributed by atoms with van der Waals surface area (Å²) >= 11 is 3.07. The van der Waals surface area contributed by atoms with Crippen molar-refractivity contribution in [2.24, 2.45) is 10.2 Å². The molecule has 0 radical (unpaired) electrons. The van der Waals surface area contributed by atoms with Crippen molar-refractivity contribution in [3.05, 3.63) is 74.5 Å². The Morgan fingerprint density at radius 1 is 1.10 bits per heavy atom. The second kappa shape index (κ2) is 14.9. The quantitative estimate of drug-likeness (QED) is 0.0517. The number of esters is 1. The number of amides is 1. The Bertz CT molecular complexity index is 1350. The largest absolute Gasteiger partial charge is 0.500 e. The lowest BCUT2D eigenvalue weighted by atomic mass is 10.2. The highest BCUT2D eigenvalue weighted by Crippen LogP contribution is 2.43. The number of hydrogen-bond donors (Lipinski definition) is 1. The Labute approximate surface area is 236 Å². The van der Waals surface area contributed by atoms with Crippen LogP contribution in [0.25, 0.3) is 0 Å².